The Morgan fingerprint density at radius 1 is 1.42 bits per heavy atom. The number of aromatic nitrogens is 1. The summed E-state index contributed by atoms with van der Waals surface area (Å²) in [7, 11) is 0. The summed E-state index contributed by atoms with van der Waals surface area (Å²) < 4.78 is 49.1. The Kier molecular flexibility index (Phi) is 6.94. The number of allylic oxidation sites excluding steroid dienone is 2. The van der Waals surface area contributed by atoms with Crippen LogP contribution in [0.3, 0.4) is 0 Å². The van der Waals surface area contributed by atoms with Crippen molar-refractivity contribution in [1.82, 2.24) is 9.88 Å². The first kappa shape index (κ1) is 22.7. The van der Waals surface area contributed by atoms with Gasteiger partial charge in [-0.25, -0.2) is 9.37 Å². The van der Waals surface area contributed by atoms with Gasteiger partial charge in [-0.2, -0.15) is 8.78 Å². The SMILES string of the molecule is C=CN=C(/C=C\C)C(F)(F)COc1nccc2c1C(=O)N(Cc1ccc(Br)cc1F)C2. The standard InChI is InChI=1S/C22H19BrF3N3O2/c1-3-5-18(27-4-2)22(25,26)13-31-20-19-15(8-9-28-20)12-29(21(19)30)11-14-6-7-16(23)10-17(14)24/h3-10H,2,11-13H2,1H3/b5-3-,27-18?. The van der Waals surface area contributed by atoms with Crippen LogP contribution in [0.5, 0.6) is 5.88 Å². The summed E-state index contributed by atoms with van der Waals surface area (Å²) in [4.78, 5) is 21.9. The molecule has 0 unspecified atom stereocenters. The molecule has 0 radical (unpaired) electrons. The maximum atomic E-state index is 14.5. The minimum absolute atomic E-state index is 0.0274. The van der Waals surface area contributed by atoms with E-state index in [1.807, 2.05) is 0 Å². The molecule has 31 heavy (non-hydrogen) atoms. The zero-order chi connectivity index (χ0) is 22.6. The topological polar surface area (TPSA) is 54.8 Å². The summed E-state index contributed by atoms with van der Waals surface area (Å²) in [5.41, 5.74) is 0.493. The summed E-state index contributed by atoms with van der Waals surface area (Å²) in [5.74, 6) is -4.53. The van der Waals surface area contributed by atoms with Crippen LogP contribution >= 0.6 is 15.9 Å². The summed E-state index contributed by atoms with van der Waals surface area (Å²) in [5, 5.41) is 0. The molecule has 0 aliphatic carbocycles. The highest BCUT2D eigenvalue weighted by Crippen LogP contribution is 2.32. The van der Waals surface area contributed by atoms with Gasteiger partial charge in [0.2, 0.25) is 5.88 Å². The molecule has 0 spiro atoms. The maximum absolute atomic E-state index is 14.5. The van der Waals surface area contributed by atoms with Crippen molar-refractivity contribution < 1.29 is 22.7 Å². The predicted octanol–water partition coefficient (Wildman–Crippen LogP) is 5.31. The van der Waals surface area contributed by atoms with Gasteiger partial charge in [0.25, 0.3) is 5.91 Å². The van der Waals surface area contributed by atoms with Crippen molar-refractivity contribution in [2.45, 2.75) is 25.9 Å². The van der Waals surface area contributed by atoms with E-state index in [2.05, 4.69) is 32.5 Å². The molecule has 0 fully saturated rings. The molecule has 9 heteroatoms. The number of pyridine rings is 1. The lowest BCUT2D eigenvalue weighted by molar-refractivity contribution is 0.0230. The highest BCUT2D eigenvalue weighted by atomic mass is 79.9. The fourth-order valence-electron chi connectivity index (χ4n) is 3.12. The molecule has 1 aliphatic heterocycles. The van der Waals surface area contributed by atoms with Gasteiger partial charge < -0.3 is 9.64 Å². The molecule has 0 saturated heterocycles. The van der Waals surface area contributed by atoms with Crippen molar-refractivity contribution in [3.8, 4) is 5.88 Å². The Balaban J connectivity index is 1.79. The third-order valence-corrected chi connectivity index (χ3v) is 5.05. The molecule has 0 atom stereocenters. The first-order valence-electron chi connectivity index (χ1n) is 9.30. The molecule has 162 valence electrons. The molecule has 1 aromatic carbocycles. The van der Waals surface area contributed by atoms with Crippen LogP contribution < -0.4 is 4.74 Å². The van der Waals surface area contributed by atoms with Gasteiger partial charge >= 0.3 is 5.92 Å². The summed E-state index contributed by atoms with van der Waals surface area (Å²) in [6.45, 7) is 4.09. The number of alkyl halides is 2. The van der Waals surface area contributed by atoms with Gasteiger partial charge in [0.1, 0.15) is 17.1 Å². The Morgan fingerprint density at radius 3 is 2.87 bits per heavy atom. The van der Waals surface area contributed by atoms with E-state index >= 15 is 0 Å². The van der Waals surface area contributed by atoms with Crippen molar-refractivity contribution in [2.75, 3.05) is 6.61 Å². The van der Waals surface area contributed by atoms with Crippen LogP contribution in [-0.2, 0) is 13.1 Å². The second kappa shape index (κ2) is 9.47. The van der Waals surface area contributed by atoms with Crippen LogP contribution in [-0.4, -0.2) is 34.0 Å². The van der Waals surface area contributed by atoms with Gasteiger partial charge in [0.05, 0.1) is 0 Å². The van der Waals surface area contributed by atoms with Gasteiger partial charge in [-0.15, -0.1) is 0 Å². The van der Waals surface area contributed by atoms with E-state index in [9.17, 15) is 18.0 Å². The lowest BCUT2D eigenvalue weighted by atomic mass is 10.1. The molecule has 1 aromatic heterocycles. The maximum Gasteiger partial charge on any atom is 0.322 e. The van der Waals surface area contributed by atoms with E-state index in [1.165, 1.54) is 23.2 Å². The summed E-state index contributed by atoms with van der Waals surface area (Å²) >= 11 is 3.19. The lowest BCUT2D eigenvalue weighted by Gasteiger charge is -2.18. The van der Waals surface area contributed by atoms with Crippen LogP contribution in [0, 0.1) is 5.82 Å². The first-order valence-corrected chi connectivity index (χ1v) is 10.1. The highest BCUT2D eigenvalue weighted by molar-refractivity contribution is 9.10. The Hall–Kier alpha value is -2.94. The molecule has 2 heterocycles. The molecule has 2 aromatic rings. The molecule has 0 saturated carbocycles. The number of hydrogen-bond donors (Lipinski definition) is 0. The molecular weight excluding hydrogens is 475 g/mol. The van der Waals surface area contributed by atoms with Gasteiger partial charge in [-0.05, 0) is 36.8 Å². The van der Waals surface area contributed by atoms with Crippen molar-refractivity contribution in [2.24, 2.45) is 4.99 Å². The normalized spacial score (nSPS) is 14.3. The predicted molar refractivity (Wildman–Crippen MR) is 115 cm³/mol. The van der Waals surface area contributed by atoms with Crippen LogP contribution in [0.15, 0.2) is 64.9 Å². The minimum atomic E-state index is -3.42. The summed E-state index contributed by atoms with van der Waals surface area (Å²) in [6, 6.07) is 6.18. The van der Waals surface area contributed by atoms with Gasteiger partial charge in [-0.3, -0.25) is 9.79 Å². The van der Waals surface area contributed by atoms with Crippen LogP contribution in [0.2, 0.25) is 0 Å². The third-order valence-electron chi connectivity index (χ3n) is 4.56. The Bertz CT molecular complexity index is 1070. The van der Waals surface area contributed by atoms with E-state index in [-0.39, 0.29) is 24.5 Å². The fraction of sp³-hybridized carbons (Fsp3) is 0.227. The van der Waals surface area contributed by atoms with Gasteiger partial charge in [0.15, 0.2) is 6.61 Å². The summed E-state index contributed by atoms with van der Waals surface area (Å²) in [6.07, 6.45) is 4.99. The van der Waals surface area contributed by atoms with E-state index in [1.54, 1.807) is 25.1 Å². The van der Waals surface area contributed by atoms with Crippen molar-refractivity contribution in [3.05, 3.63) is 82.4 Å². The quantitative estimate of drug-likeness (QED) is 0.468. The molecule has 3 rings (SSSR count). The Morgan fingerprint density at radius 2 is 2.19 bits per heavy atom. The zero-order valence-corrected chi connectivity index (χ0v) is 18.2. The minimum Gasteiger partial charge on any atom is -0.470 e. The van der Waals surface area contributed by atoms with Crippen molar-refractivity contribution in [3.63, 3.8) is 0 Å². The van der Waals surface area contributed by atoms with Crippen LogP contribution in [0.25, 0.3) is 0 Å². The van der Waals surface area contributed by atoms with Crippen LogP contribution in [0.1, 0.15) is 28.4 Å². The van der Waals surface area contributed by atoms with Crippen molar-refractivity contribution in [1.29, 1.82) is 0 Å². The second-order valence-electron chi connectivity index (χ2n) is 6.74. The van der Waals surface area contributed by atoms with Gasteiger partial charge in [-0.1, -0.05) is 34.7 Å². The fourth-order valence-corrected chi connectivity index (χ4v) is 3.45. The van der Waals surface area contributed by atoms with E-state index in [4.69, 9.17) is 4.74 Å². The average Bonchev–Trinajstić information content (AvgIpc) is 3.04. The largest absolute Gasteiger partial charge is 0.470 e. The number of aliphatic imine (C=N–C) groups is 1. The van der Waals surface area contributed by atoms with Crippen molar-refractivity contribution >= 4 is 27.5 Å². The lowest BCUT2D eigenvalue weighted by Crippen LogP contribution is -2.34. The zero-order valence-electron chi connectivity index (χ0n) is 16.6. The van der Waals surface area contributed by atoms with E-state index < -0.39 is 30.0 Å². The second-order valence-corrected chi connectivity index (χ2v) is 7.65. The molecule has 1 amide bonds. The molecular formula is C22H19BrF3N3O2. The average molecular weight is 494 g/mol. The van der Waals surface area contributed by atoms with E-state index in [0.717, 1.165) is 12.3 Å². The smallest absolute Gasteiger partial charge is 0.322 e. The molecule has 0 N–H and O–H groups in total. The van der Waals surface area contributed by atoms with E-state index in [0.29, 0.717) is 15.6 Å². The number of carbonyl (C=O) groups is 1. The van der Waals surface area contributed by atoms with Crippen LogP contribution in [0.4, 0.5) is 13.2 Å². The first-order chi connectivity index (χ1) is 14.8. The number of rotatable bonds is 8. The number of fused-ring (bicyclic) bond motifs is 1. The highest BCUT2D eigenvalue weighted by Gasteiger charge is 2.38. The number of amides is 1. The number of halogens is 4. The number of carbonyl (C=O) groups excluding carboxylic acids is 1. The number of hydrogen-bond acceptors (Lipinski definition) is 4. The van der Waals surface area contributed by atoms with Gasteiger partial charge in [0, 0.05) is 35.5 Å². The number of ether oxygens (including phenoxy) is 1. The number of nitrogens with zero attached hydrogens (tertiary/aromatic N) is 3. The molecule has 0 bridgehead atoms. The monoisotopic (exact) mass is 493 g/mol. The molecule has 5 nitrogen and oxygen atoms in total. The molecule has 1 aliphatic rings. The number of benzene rings is 1. The Labute approximate surface area is 186 Å². The third kappa shape index (κ3) is 5.04.